The molecule has 0 heterocycles. The molecule has 0 spiro atoms. The SMILES string of the molecule is O=C(O)C(CC1CC1)c1cc(Cl)c(OCCF)c(-c2ccc(C(F)(F)F)cc2)c1. The highest BCUT2D eigenvalue weighted by molar-refractivity contribution is 6.32. The Bertz CT molecular complexity index is 877. The molecule has 0 amide bonds. The van der Waals surface area contributed by atoms with Crippen molar-refractivity contribution >= 4 is 17.6 Å². The number of carboxylic acid groups (broad SMARTS) is 1. The van der Waals surface area contributed by atoms with Gasteiger partial charge in [-0.25, -0.2) is 4.39 Å². The molecule has 0 bridgehead atoms. The summed E-state index contributed by atoms with van der Waals surface area (Å²) in [7, 11) is 0. The second kappa shape index (κ2) is 8.61. The Kier molecular flexibility index (Phi) is 6.36. The maximum absolute atomic E-state index is 12.9. The molecule has 3 rings (SSSR count). The van der Waals surface area contributed by atoms with Gasteiger partial charge < -0.3 is 9.84 Å². The first kappa shape index (κ1) is 21.4. The smallest absolute Gasteiger partial charge is 0.416 e. The molecule has 0 saturated heterocycles. The number of carbonyl (C=O) groups is 1. The fourth-order valence-corrected chi connectivity index (χ4v) is 3.50. The molecule has 1 saturated carbocycles. The summed E-state index contributed by atoms with van der Waals surface area (Å²) in [6.45, 7) is -1.05. The van der Waals surface area contributed by atoms with Crippen LogP contribution >= 0.6 is 11.6 Å². The summed E-state index contributed by atoms with van der Waals surface area (Å²) in [6.07, 6.45) is -2.07. The van der Waals surface area contributed by atoms with Crippen LogP contribution in [-0.4, -0.2) is 24.4 Å². The monoisotopic (exact) mass is 430 g/mol. The van der Waals surface area contributed by atoms with E-state index in [0.717, 1.165) is 25.0 Å². The van der Waals surface area contributed by atoms with E-state index < -0.39 is 30.3 Å². The van der Waals surface area contributed by atoms with Gasteiger partial charge in [0.1, 0.15) is 19.0 Å². The van der Waals surface area contributed by atoms with Crippen LogP contribution in [0.3, 0.4) is 0 Å². The van der Waals surface area contributed by atoms with Crippen molar-refractivity contribution in [3.05, 3.63) is 52.5 Å². The van der Waals surface area contributed by atoms with Gasteiger partial charge in [-0.3, -0.25) is 4.79 Å². The number of rotatable bonds is 8. The molecule has 1 fully saturated rings. The van der Waals surface area contributed by atoms with Gasteiger partial charge in [-0.15, -0.1) is 0 Å². The quantitative estimate of drug-likeness (QED) is 0.497. The minimum absolute atomic E-state index is 0.0906. The molecule has 3 nitrogen and oxygen atoms in total. The Morgan fingerprint density at radius 1 is 1.21 bits per heavy atom. The maximum atomic E-state index is 12.9. The number of hydrogen-bond acceptors (Lipinski definition) is 2. The van der Waals surface area contributed by atoms with Gasteiger partial charge in [-0.2, -0.15) is 13.2 Å². The van der Waals surface area contributed by atoms with E-state index in [2.05, 4.69) is 0 Å². The molecule has 1 unspecified atom stereocenters. The minimum atomic E-state index is -4.48. The highest BCUT2D eigenvalue weighted by Crippen LogP contribution is 2.44. The van der Waals surface area contributed by atoms with Gasteiger partial charge in [0.05, 0.1) is 16.5 Å². The van der Waals surface area contributed by atoms with Crippen molar-refractivity contribution < 1.29 is 32.2 Å². The van der Waals surface area contributed by atoms with E-state index in [4.69, 9.17) is 16.3 Å². The van der Waals surface area contributed by atoms with Crippen molar-refractivity contribution in [2.24, 2.45) is 5.92 Å². The van der Waals surface area contributed by atoms with Crippen LogP contribution in [0.15, 0.2) is 36.4 Å². The van der Waals surface area contributed by atoms with Crippen molar-refractivity contribution in [1.29, 1.82) is 0 Å². The molecular weight excluding hydrogens is 412 g/mol. The van der Waals surface area contributed by atoms with E-state index in [1.807, 2.05) is 0 Å². The molecule has 1 N–H and O–H groups in total. The van der Waals surface area contributed by atoms with E-state index in [9.17, 15) is 27.5 Å². The molecule has 1 aliphatic carbocycles. The van der Waals surface area contributed by atoms with Crippen molar-refractivity contribution in [2.45, 2.75) is 31.4 Å². The number of carboxylic acids is 1. The average molecular weight is 431 g/mol. The highest BCUT2D eigenvalue weighted by Gasteiger charge is 2.32. The van der Waals surface area contributed by atoms with Crippen LogP contribution in [0, 0.1) is 5.92 Å². The van der Waals surface area contributed by atoms with Gasteiger partial charge in [0, 0.05) is 5.56 Å². The Labute approximate surface area is 170 Å². The minimum Gasteiger partial charge on any atom is -0.489 e. The van der Waals surface area contributed by atoms with Crippen LogP contribution in [0.2, 0.25) is 5.02 Å². The van der Waals surface area contributed by atoms with Crippen LogP contribution in [0.4, 0.5) is 17.6 Å². The molecule has 29 heavy (non-hydrogen) atoms. The molecule has 0 radical (unpaired) electrons. The molecule has 0 aromatic heterocycles. The van der Waals surface area contributed by atoms with E-state index in [-0.39, 0.29) is 17.4 Å². The number of ether oxygens (including phenoxy) is 1. The Morgan fingerprint density at radius 3 is 2.38 bits per heavy atom. The second-order valence-electron chi connectivity index (χ2n) is 7.06. The predicted molar refractivity (Wildman–Crippen MR) is 101 cm³/mol. The van der Waals surface area contributed by atoms with Crippen LogP contribution in [0.5, 0.6) is 5.75 Å². The summed E-state index contributed by atoms with van der Waals surface area (Å²) >= 11 is 6.30. The third kappa shape index (κ3) is 5.21. The van der Waals surface area contributed by atoms with Crippen LogP contribution in [-0.2, 0) is 11.0 Å². The van der Waals surface area contributed by atoms with Gasteiger partial charge in [-0.1, -0.05) is 36.6 Å². The predicted octanol–water partition coefficient (Wildman–Crippen LogP) is 6.34. The topological polar surface area (TPSA) is 46.5 Å². The van der Waals surface area contributed by atoms with E-state index in [1.165, 1.54) is 18.2 Å². The van der Waals surface area contributed by atoms with Gasteiger partial charge in [0.2, 0.25) is 0 Å². The fourth-order valence-electron chi connectivity index (χ4n) is 3.22. The fraction of sp³-hybridized carbons (Fsp3) is 0.381. The molecular formula is C21H19ClF4O3. The largest absolute Gasteiger partial charge is 0.489 e. The van der Waals surface area contributed by atoms with Gasteiger partial charge in [-0.05, 0) is 47.7 Å². The van der Waals surface area contributed by atoms with Gasteiger partial charge >= 0.3 is 12.1 Å². The zero-order valence-corrected chi connectivity index (χ0v) is 16.1. The molecule has 2 aromatic rings. The second-order valence-corrected chi connectivity index (χ2v) is 7.47. The Morgan fingerprint density at radius 2 is 1.86 bits per heavy atom. The first-order valence-corrected chi connectivity index (χ1v) is 9.51. The normalized spacial score (nSPS) is 15.2. The Balaban J connectivity index is 2.06. The van der Waals surface area contributed by atoms with Crippen molar-refractivity contribution in [3.8, 4) is 16.9 Å². The number of aliphatic carboxylic acids is 1. The molecule has 1 aliphatic rings. The van der Waals surface area contributed by atoms with E-state index in [1.54, 1.807) is 6.07 Å². The van der Waals surface area contributed by atoms with Gasteiger partial charge in [0.15, 0.2) is 0 Å². The van der Waals surface area contributed by atoms with Crippen LogP contribution < -0.4 is 4.74 Å². The standard InChI is InChI=1S/C21H19ClF4O3/c22-18-11-14(17(20(27)28)9-12-1-2-12)10-16(19(18)29-8-7-23)13-3-5-15(6-4-13)21(24,25)26/h3-6,10-12,17H,1-2,7-9H2,(H,27,28). The molecule has 2 aromatic carbocycles. The summed E-state index contributed by atoms with van der Waals surface area (Å²) in [5.41, 5.74) is 0.326. The average Bonchev–Trinajstić information content (AvgIpc) is 3.48. The molecule has 156 valence electrons. The van der Waals surface area contributed by atoms with Crippen molar-refractivity contribution in [3.63, 3.8) is 0 Å². The van der Waals surface area contributed by atoms with Crippen LogP contribution in [0.25, 0.3) is 11.1 Å². The van der Waals surface area contributed by atoms with Crippen molar-refractivity contribution in [1.82, 2.24) is 0 Å². The van der Waals surface area contributed by atoms with Gasteiger partial charge in [0.25, 0.3) is 0 Å². The van der Waals surface area contributed by atoms with E-state index in [0.29, 0.717) is 29.0 Å². The molecule has 1 atom stereocenters. The summed E-state index contributed by atoms with van der Waals surface area (Å²) in [6, 6.07) is 7.41. The first-order valence-electron chi connectivity index (χ1n) is 9.13. The lowest BCUT2D eigenvalue weighted by Gasteiger charge is -2.19. The van der Waals surface area contributed by atoms with Crippen LogP contribution in [0.1, 0.15) is 36.3 Å². The first-order chi connectivity index (χ1) is 13.7. The molecule has 0 aliphatic heterocycles. The summed E-state index contributed by atoms with van der Waals surface area (Å²) in [4.78, 5) is 11.8. The lowest BCUT2D eigenvalue weighted by atomic mass is 9.90. The zero-order valence-electron chi connectivity index (χ0n) is 15.3. The lowest BCUT2D eigenvalue weighted by Crippen LogP contribution is -2.13. The summed E-state index contributed by atoms with van der Waals surface area (Å²) in [5.74, 6) is -1.33. The zero-order chi connectivity index (χ0) is 21.2. The third-order valence-electron chi connectivity index (χ3n) is 4.88. The molecule has 8 heteroatoms. The maximum Gasteiger partial charge on any atom is 0.416 e. The number of benzene rings is 2. The Hall–Kier alpha value is -2.28. The van der Waals surface area contributed by atoms with E-state index >= 15 is 0 Å². The third-order valence-corrected chi connectivity index (χ3v) is 5.16. The number of hydrogen-bond donors (Lipinski definition) is 1. The lowest BCUT2D eigenvalue weighted by molar-refractivity contribution is -0.139. The summed E-state index contributed by atoms with van der Waals surface area (Å²) < 4.78 is 56.6. The highest BCUT2D eigenvalue weighted by atomic mass is 35.5. The number of alkyl halides is 4. The van der Waals surface area contributed by atoms with Crippen molar-refractivity contribution in [2.75, 3.05) is 13.3 Å². The summed E-state index contributed by atoms with van der Waals surface area (Å²) in [5, 5.41) is 9.73. The number of halogens is 5.